The molecule has 0 unspecified atom stereocenters. The lowest BCUT2D eigenvalue weighted by Gasteiger charge is -2.33. The molecule has 0 spiro atoms. The van der Waals surface area contributed by atoms with Crippen molar-refractivity contribution in [1.82, 2.24) is 14.5 Å². The van der Waals surface area contributed by atoms with E-state index in [1.165, 1.54) is 18.0 Å². The number of nitrogens with zero attached hydrogens (tertiary/aromatic N) is 2. The Bertz CT molecular complexity index is 1670. The average molecular weight is 627 g/mol. The molecule has 0 radical (unpaired) electrons. The average Bonchev–Trinajstić information content (AvgIpc) is 2.98. The van der Waals surface area contributed by atoms with E-state index in [1.807, 2.05) is 61.5 Å². The van der Waals surface area contributed by atoms with E-state index in [-0.39, 0.29) is 23.8 Å². The molecule has 0 saturated heterocycles. The van der Waals surface area contributed by atoms with E-state index in [2.05, 4.69) is 5.32 Å². The number of amides is 2. The second kappa shape index (κ2) is 14.2. The summed E-state index contributed by atoms with van der Waals surface area (Å²) in [6.45, 7) is 1.88. The molecule has 0 saturated carbocycles. The lowest BCUT2D eigenvalue weighted by Crippen LogP contribution is -2.53. The molecule has 0 heterocycles. The monoisotopic (exact) mass is 625 g/mol. The minimum Gasteiger partial charge on any atom is -0.354 e. The highest BCUT2D eigenvalue weighted by molar-refractivity contribution is 7.89. The van der Waals surface area contributed by atoms with Crippen LogP contribution in [-0.4, -0.2) is 55.6 Å². The highest BCUT2D eigenvalue weighted by atomic mass is 35.5. The molecule has 0 aromatic heterocycles. The lowest BCUT2D eigenvalue weighted by molar-refractivity contribution is -0.141. The van der Waals surface area contributed by atoms with Gasteiger partial charge in [0.05, 0.1) is 11.4 Å². The van der Waals surface area contributed by atoms with Crippen molar-refractivity contribution < 1.29 is 18.0 Å². The Labute approximate surface area is 257 Å². The highest BCUT2D eigenvalue weighted by Gasteiger charge is 2.33. The number of nitrogens with one attached hydrogen (secondary N) is 1. The lowest BCUT2D eigenvalue weighted by atomic mass is 10.0. The van der Waals surface area contributed by atoms with E-state index in [0.29, 0.717) is 28.6 Å². The molecule has 1 atom stereocenters. The molecule has 1 N–H and O–H groups in total. The van der Waals surface area contributed by atoms with Gasteiger partial charge in [-0.1, -0.05) is 96.9 Å². The summed E-state index contributed by atoms with van der Waals surface area (Å²) in [7, 11) is -2.66. The maximum Gasteiger partial charge on any atom is 0.243 e. The van der Waals surface area contributed by atoms with Crippen LogP contribution in [0.2, 0.25) is 10.0 Å². The second-order valence-corrected chi connectivity index (χ2v) is 12.9. The molecule has 0 fully saturated rings. The van der Waals surface area contributed by atoms with Crippen molar-refractivity contribution in [2.75, 3.05) is 20.1 Å². The van der Waals surface area contributed by atoms with Crippen LogP contribution in [0.4, 0.5) is 0 Å². The van der Waals surface area contributed by atoms with Crippen LogP contribution < -0.4 is 5.32 Å². The van der Waals surface area contributed by atoms with Gasteiger partial charge in [-0.2, -0.15) is 4.31 Å². The van der Waals surface area contributed by atoms with Gasteiger partial charge >= 0.3 is 0 Å². The fourth-order valence-corrected chi connectivity index (χ4v) is 6.25. The standard InChI is InChI=1S/C32H33Cl2N3O4S/c1-3-17-35-32(39)30(18-23-9-5-4-6-10-23)37(21-26-13-15-27(33)20-29(26)34)31(38)22-36(2)42(40,41)28-16-14-24-11-7-8-12-25(24)19-28/h4-16,19-20,30H,3,17-18,21-22H2,1-2H3,(H,35,39)/t30-/m1/s1. The Morgan fingerprint density at radius 1 is 0.881 bits per heavy atom. The van der Waals surface area contributed by atoms with Gasteiger partial charge in [0.15, 0.2) is 0 Å². The first-order chi connectivity index (χ1) is 20.1. The number of rotatable bonds is 12. The Kier molecular flexibility index (Phi) is 10.6. The van der Waals surface area contributed by atoms with Crippen LogP contribution in [0.15, 0.2) is 95.9 Å². The molecule has 4 aromatic carbocycles. The van der Waals surface area contributed by atoms with Crippen molar-refractivity contribution in [3.05, 3.63) is 112 Å². The fourth-order valence-electron chi connectivity index (χ4n) is 4.63. The van der Waals surface area contributed by atoms with E-state index in [9.17, 15) is 18.0 Å². The van der Waals surface area contributed by atoms with Crippen LogP contribution in [-0.2, 0) is 32.6 Å². The molecule has 220 valence electrons. The smallest absolute Gasteiger partial charge is 0.243 e. The second-order valence-electron chi connectivity index (χ2n) is 10.0. The molecule has 4 rings (SSSR count). The number of benzene rings is 4. The molecule has 0 bridgehead atoms. The molecule has 0 aliphatic carbocycles. The number of halogens is 2. The zero-order valence-corrected chi connectivity index (χ0v) is 25.8. The van der Waals surface area contributed by atoms with Crippen LogP contribution in [0, 0.1) is 0 Å². The number of carbonyl (C=O) groups is 2. The van der Waals surface area contributed by atoms with Gasteiger partial charge in [-0.05, 0) is 52.6 Å². The van der Waals surface area contributed by atoms with Crippen LogP contribution in [0.1, 0.15) is 24.5 Å². The van der Waals surface area contributed by atoms with Gasteiger partial charge in [0, 0.05) is 36.6 Å². The molecule has 0 aliphatic heterocycles. The zero-order chi connectivity index (χ0) is 30.3. The number of carbonyl (C=O) groups excluding carboxylic acids is 2. The number of hydrogen-bond donors (Lipinski definition) is 1. The third kappa shape index (κ3) is 7.69. The van der Waals surface area contributed by atoms with E-state index >= 15 is 0 Å². The molecule has 0 aliphatic rings. The normalized spacial score (nSPS) is 12.3. The van der Waals surface area contributed by atoms with Crippen LogP contribution in [0.3, 0.4) is 0 Å². The minimum absolute atomic E-state index is 0.0181. The van der Waals surface area contributed by atoms with Crippen molar-refractivity contribution in [3.8, 4) is 0 Å². The summed E-state index contributed by atoms with van der Waals surface area (Å²) >= 11 is 12.6. The molecular formula is C32H33Cl2N3O4S. The zero-order valence-electron chi connectivity index (χ0n) is 23.5. The van der Waals surface area contributed by atoms with E-state index in [0.717, 1.165) is 20.6 Å². The third-order valence-electron chi connectivity index (χ3n) is 6.96. The molecule has 4 aromatic rings. The first kappa shape index (κ1) is 31.5. The van der Waals surface area contributed by atoms with Crippen molar-refractivity contribution in [1.29, 1.82) is 0 Å². The van der Waals surface area contributed by atoms with Gasteiger partial charge in [0.2, 0.25) is 21.8 Å². The summed E-state index contributed by atoms with van der Waals surface area (Å²) in [4.78, 5) is 29.0. The Morgan fingerprint density at radius 3 is 2.26 bits per heavy atom. The van der Waals surface area contributed by atoms with Crippen molar-refractivity contribution in [2.24, 2.45) is 0 Å². The van der Waals surface area contributed by atoms with Gasteiger partial charge in [-0.25, -0.2) is 8.42 Å². The topological polar surface area (TPSA) is 86.8 Å². The SMILES string of the molecule is CCCNC(=O)[C@@H](Cc1ccccc1)N(Cc1ccc(Cl)cc1Cl)C(=O)CN(C)S(=O)(=O)c1ccc2ccccc2c1. The van der Waals surface area contributed by atoms with Crippen LogP contribution >= 0.6 is 23.2 Å². The summed E-state index contributed by atoms with van der Waals surface area (Å²) in [6, 6.07) is 25.7. The summed E-state index contributed by atoms with van der Waals surface area (Å²) in [5.41, 5.74) is 1.43. The molecular weight excluding hydrogens is 593 g/mol. The van der Waals surface area contributed by atoms with E-state index < -0.39 is 28.5 Å². The highest BCUT2D eigenvalue weighted by Crippen LogP contribution is 2.25. The number of likely N-dealkylation sites (N-methyl/N-ethyl adjacent to an activating group) is 1. The van der Waals surface area contributed by atoms with Gasteiger partial charge in [0.25, 0.3) is 0 Å². The Hall–Kier alpha value is -3.43. The third-order valence-corrected chi connectivity index (χ3v) is 9.35. The summed E-state index contributed by atoms with van der Waals surface area (Å²) < 4.78 is 28.1. The number of hydrogen-bond acceptors (Lipinski definition) is 4. The molecule has 2 amide bonds. The minimum atomic E-state index is -4.02. The quantitative estimate of drug-likeness (QED) is 0.211. The Balaban J connectivity index is 1.68. The number of sulfonamides is 1. The Morgan fingerprint density at radius 2 is 1.57 bits per heavy atom. The van der Waals surface area contributed by atoms with Gasteiger partial charge in [-0.15, -0.1) is 0 Å². The maximum absolute atomic E-state index is 14.0. The van der Waals surface area contributed by atoms with Crippen molar-refractivity contribution in [3.63, 3.8) is 0 Å². The van der Waals surface area contributed by atoms with Crippen LogP contribution in [0.25, 0.3) is 10.8 Å². The molecule has 7 nitrogen and oxygen atoms in total. The van der Waals surface area contributed by atoms with Gasteiger partial charge in [0.1, 0.15) is 6.04 Å². The maximum atomic E-state index is 14.0. The van der Waals surface area contributed by atoms with Crippen LogP contribution in [0.5, 0.6) is 0 Å². The molecule has 10 heteroatoms. The largest absolute Gasteiger partial charge is 0.354 e. The molecule has 42 heavy (non-hydrogen) atoms. The van der Waals surface area contributed by atoms with Crippen molar-refractivity contribution in [2.45, 2.75) is 37.2 Å². The first-order valence-corrected chi connectivity index (χ1v) is 15.8. The first-order valence-electron chi connectivity index (χ1n) is 13.6. The van der Waals surface area contributed by atoms with E-state index in [1.54, 1.807) is 30.3 Å². The van der Waals surface area contributed by atoms with Gasteiger partial charge < -0.3 is 10.2 Å². The van der Waals surface area contributed by atoms with Gasteiger partial charge in [-0.3, -0.25) is 9.59 Å². The summed E-state index contributed by atoms with van der Waals surface area (Å²) in [5.74, 6) is -0.875. The fraction of sp³-hybridized carbons (Fsp3) is 0.250. The predicted molar refractivity (Wildman–Crippen MR) is 168 cm³/mol. The number of fused-ring (bicyclic) bond motifs is 1. The summed E-state index contributed by atoms with van der Waals surface area (Å²) in [5, 5.41) is 5.35. The summed E-state index contributed by atoms with van der Waals surface area (Å²) in [6.07, 6.45) is 0.946. The van der Waals surface area contributed by atoms with Crippen molar-refractivity contribution >= 4 is 55.8 Å². The predicted octanol–water partition coefficient (Wildman–Crippen LogP) is 5.93. The van der Waals surface area contributed by atoms with E-state index in [4.69, 9.17) is 23.2 Å².